The van der Waals surface area contributed by atoms with E-state index in [4.69, 9.17) is 9.88 Å². The van der Waals surface area contributed by atoms with Crippen LogP contribution in [0.4, 0.5) is 0 Å². The van der Waals surface area contributed by atoms with Gasteiger partial charge in [-0.3, -0.25) is 4.99 Å². The number of guanidine groups is 1. The highest BCUT2D eigenvalue weighted by molar-refractivity contribution is 14.0. The van der Waals surface area contributed by atoms with Gasteiger partial charge in [0, 0.05) is 20.2 Å². The van der Waals surface area contributed by atoms with E-state index in [-0.39, 0.29) is 41.9 Å². The van der Waals surface area contributed by atoms with Crippen LogP contribution in [-0.2, 0) is 14.8 Å². The molecule has 0 aromatic carbocycles. The molecule has 19 heavy (non-hydrogen) atoms. The fraction of sp³-hybridized carbons (Fsp3) is 0.900. The maximum atomic E-state index is 10.8. The number of ether oxygens (including phenoxy) is 1. The molecule has 0 bridgehead atoms. The molecule has 0 rings (SSSR count). The molecule has 4 N–H and O–H groups in total. The lowest BCUT2D eigenvalue weighted by molar-refractivity contribution is 0.0310. The van der Waals surface area contributed by atoms with Gasteiger partial charge in [-0.15, -0.1) is 24.0 Å². The van der Waals surface area contributed by atoms with Crippen LogP contribution in [0.5, 0.6) is 0 Å². The molecule has 0 saturated carbocycles. The number of halogens is 1. The van der Waals surface area contributed by atoms with Crippen LogP contribution in [-0.4, -0.2) is 52.5 Å². The van der Waals surface area contributed by atoms with Crippen molar-refractivity contribution in [2.75, 3.05) is 32.5 Å². The van der Waals surface area contributed by atoms with Crippen molar-refractivity contribution in [3.63, 3.8) is 0 Å². The van der Waals surface area contributed by atoms with E-state index in [9.17, 15) is 8.42 Å². The zero-order valence-corrected chi connectivity index (χ0v) is 15.0. The first-order valence-electron chi connectivity index (χ1n) is 5.78. The van der Waals surface area contributed by atoms with Gasteiger partial charge in [0.25, 0.3) is 0 Å². The number of primary sulfonamides is 1. The fourth-order valence-electron chi connectivity index (χ4n) is 0.987. The monoisotopic (exact) mass is 408 g/mol. The van der Waals surface area contributed by atoms with Crippen molar-refractivity contribution in [2.45, 2.75) is 26.4 Å². The molecule has 0 fully saturated rings. The zero-order chi connectivity index (χ0) is 14.2. The van der Waals surface area contributed by atoms with Crippen molar-refractivity contribution in [1.82, 2.24) is 10.6 Å². The molecule has 0 aliphatic carbocycles. The topological polar surface area (TPSA) is 106 Å². The average Bonchev–Trinajstić information content (AvgIpc) is 2.24. The van der Waals surface area contributed by atoms with Gasteiger partial charge in [-0.2, -0.15) is 0 Å². The predicted octanol–water partition coefficient (Wildman–Crippen LogP) is -0.127. The molecule has 0 atom stereocenters. The maximum Gasteiger partial charge on any atom is 0.210 e. The summed E-state index contributed by atoms with van der Waals surface area (Å²) in [5, 5.41) is 10.8. The number of rotatable bonds is 7. The van der Waals surface area contributed by atoms with E-state index in [1.807, 2.05) is 20.8 Å². The van der Waals surface area contributed by atoms with E-state index in [2.05, 4.69) is 15.6 Å². The third-order valence-electron chi connectivity index (χ3n) is 2.19. The Morgan fingerprint density at radius 2 is 1.95 bits per heavy atom. The summed E-state index contributed by atoms with van der Waals surface area (Å²) >= 11 is 0. The molecular formula is C10H25IN4O3S. The number of methoxy groups -OCH3 is 1. The summed E-state index contributed by atoms with van der Waals surface area (Å²) < 4.78 is 26.8. The van der Waals surface area contributed by atoms with E-state index in [1.165, 1.54) is 0 Å². The van der Waals surface area contributed by atoms with E-state index >= 15 is 0 Å². The highest BCUT2D eigenvalue weighted by Crippen LogP contribution is 2.06. The Hall–Kier alpha value is -0.130. The molecule has 0 amide bonds. The zero-order valence-electron chi connectivity index (χ0n) is 11.9. The normalized spacial score (nSPS) is 12.8. The number of nitrogens with zero attached hydrogens (tertiary/aromatic N) is 1. The number of hydrogen-bond acceptors (Lipinski definition) is 4. The average molecular weight is 408 g/mol. The molecular weight excluding hydrogens is 383 g/mol. The van der Waals surface area contributed by atoms with Gasteiger partial charge < -0.3 is 15.4 Å². The molecule has 0 heterocycles. The minimum Gasteiger partial charge on any atom is -0.377 e. The summed E-state index contributed by atoms with van der Waals surface area (Å²) in [5.41, 5.74) is -0.359. The first-order chi connectivity index (χ1) is 8.20. The lowest BCUT2D eigenvalue weighted by atomic mass is 10.1. The van der Waals surface area contributed by atoms with Crippen LogP contribution in [0.25, 0.3) is 0 Å². The van der Waals surface area contributed by atoms with Crippen LogP contribution in [0.15, 0.2) is 4.99 Å². The summed E-state index contributed by atoms with van der Waals surface area (Å²) in [6.07, 6.45) is 0. The standard InChI is InChI=1S/C10H24N4O3S.HI/c1-5-12-9(13-6-7-18(11,15)16)14-8-10(2,3)17-4;/h5-8H2,1-4H3,(H2,11,15,16)(H2,12,13,14);1H. The molecule has 7 nitrogen and oxygen atoms in total. The number of nitrogens with one attached hydrogen (secondary N) is 2. The van der Waals surface area contributed by atoms with Gasteiger partial charge in [-0.05, 0) is 20.8 Å². The molecule has 0 saturated heterocycles. The fourth-order valence-corrected chi connectivity index (χ4v) is 1.37. The molecule has 0 unspecified atom stereocenters. The van der Waals surface area contributed by atoms with Crippen LogP contribution >= 0.6 is 24.0 Å². The molecule has 0 aromatic rings. The maximum absolute atomic E-state index is 10.8. The molecule has 0 radical (unpaired) electrons. The second-order valence-electron chi connectivity index (χ2n) is 4.45. The molecule has 116 valence electrons. The Morgan fingerprint density at radius 3 is 2.37 bits per heavy atom. The van der Waals surface area contributed by atoms with Crippen molar-refractivity contribution >= 4 is 40.0 Å². The highest BCUT2D eigenvalue weighted by Gasteiger charge is 2.15. The molecule has 0 aliphatic heterocycles. The summed E-state index contributed by atoms with van der Waals surface area (Å²) in [7, 11) is -1.83. The smallest absolute Gasteiger partial charge is 0.210 e. The van der Waals surface area contributed by atoms with Gasteiger partial charge in [0.2, 0.25) is 10.0 Å². The first-order valence-corrected chi connectivity index (χ1v) is 7.49. The minimum absolute atomic E-state index is 0. The van der Waals surface area contributed by atoms with Crippen LogP contribution in [0.3, 0.4) is 0 Å². The predicted molar refractivity (Wildman–Crippen MR) is 88.5 cm³/mol. The van der Waals surface area contributed by atoms with Crippen molar-refractivity contribution in [2.24, 2.45) is 10.1 Å². The minimum atomic E-state index is -3.45. The molecule has 0 aromatic heterocycles. The highest BCUT2D eigenvalue weighted by atomic mass is 127. The Bertz CT molecular complexity index is 371. The second kappa shape index (κ2) is 9.72. The van der Waals surface area contributed by atoms with Crippen LogP contribution in [0.1, 0.15) is 20.8 Å². The largest absolute Gasteiger partial charge is 0.377 e. The van der Waals surface area contributed by atoms with Gasteiger partial charge in [0.1, 0.15) is 0 Å². The van der Waals surface area contributed by atoms with E-state index in [1.54, 1.807) is 7.11 Å². The number of aliphatic imine (C=N–C) groups is 1. The summed E-state index contributed by atoms with van der Waals surface area (Å²) in [5.74, 6) is 0.414. The van der Waals surface area contributed by atoms with Crippen LogP contribution in [0.2, 0.25) is 0 Å². The van der Waals surface area contributed by atoms with Crippen LogP contribution < -0.4 is 15.8 Å². The van der Waals surface area contributed by atoms with E-state index < -0.39 is 10.0 Å². The number of nitrogens with two attached hydrogens (primary N) is 1. The molecule has 9 heteroatoms. The lowest BCUT2D eigenvalue weighted by Gasteiger charge is -2.21. The summed E-state index contributed by atoms with van der Waals surface area (Å²) in [4.78, 5) is 4.31. The van der Waals surface area contributed by atoms with Crippen molar-refractivity contribution < 1.29 is 13.2 Å². The lowest BCUT2D eigenvalue weighted by Crippen LogP contribution is -2.41. The second-order valence-corrected chi connectivity index (χ2v) is 6.19. The first kappa shape index (κ1) is 21.2. The van der Waals surface area contributed by atoms with Gasteiger partial charge in [-0.25, -0.2) is 13.6 Å². The summed E-state index contributed by atoms with van der Waals surface area (Å²) in [6.45, 7) is 7.15. The Morgan fingerprint density at radius 1 is 1.37 bits per heavy atom. The van der Waals surface area contributed by atoms with Crippen molar-refractivity contribution in [1.29, 1.82) is 0 Å². The molecule has 0 spiro atoms. The summed E-state index contributed by atoms with van der Waals surface area (Å²) in [6, 6.07) is 0. The Balaban J connectivity index is 0. The third-order valence-corrected chi connectivity index (χ3v) is 2.97. The van der Waals surface area contributed by atoms with Crippen molar-refractivity contribution in [3.05, 3.63) is 0 Å². The van der Waals surface area contributed by atoms with Crippen LogP contribution in [0, 0.1) is 0 Å². The Kier molecular flexibility index (Phi) is 10.8. The van der Waals surface area contributed by atoms with E-state index in [0.717, 1.165) is 0 Å². The van der Waals surface area contributed by atoms with Gasteiger partial charge in [0.05, 0.1) is 17.9 Å². The molecule has 0 aliphatic rings. The number of hydrogen-bond donors (Lipinski definition) is 3. The Labute approximate surface area is 132 Å². The third kappa shape index (κ3) is 12.6. The SMILES string of the molecule is CCNC(=NCC(C)(C)OC)NCCS(N)(=O)=O.I. The van der Waals surface area contributed by atoms with Gasteiger partial charge in [0.15, 0.2) is 5.96 Å². The van der Waals surface area contributed by atoms with Gasteiger partial charge >= 0.3 is 0 Å². The van der Waals surface area contributed by atoms with Gasteiger partial charge in [-0.1, -0.05) is 0 Å². The van der Waals surface area contributed by atoms with E-state index in [0.29, 0.717) is 19.0 Å². The van der Waals surface area contributed by atoms with Crippen molar-refractivity contribution in [3.8, 4) is 0 Å². The number of sulfonamides is 1. The quantitative estimate of drug-likeness (QED) is 0.309.